The Morgan fingerprint density at radius 1 is 1.04 bits per heavy atom. The first-order chi connectivity index (χ1) is 13.4. The summed E-state index contributed by atoms with van der Waals surface area (Å²) in [6.07, 6.45) is -8.51. The van der Waals surface area contributed by atoms with Crippen molar-refractivity contribution in [2.24, 2.45) is 0 Å². The van der Waals surface area contributed by atoms with Crippen molar-refractivity contribution in [2.45, 2.75) is 40.5 Å². The van der Waals surface area contributed by atoms with Crippen molar-refractivity contribution >= 4 is 34.8 Å². The number of aliphatic hydroxyl groups excluding tert-OH is 3. The standard InChI is InChI=1S/C18H18N2O7S/c19-8-5-6-12-10(7-8)20(9-3-1-2-4-11(9)28-12)27-18-15(23)13(21)14(22)16(26-18)17(24)25/h1-7,13-16,18,21-23H,19H2,(H,24,25)/t13-,14-,15+,16-,18-/m0/s1. The number of carboxylic acids is 1. The number of nitrogen functional groups attached to an aromatic ring is 1. The number of hydrogen-bond donors (Lipinski definition) is 5. The Kier molecular flexibility index (Phi) is 4.91. The number of carboxylic acid groups (broad SMARTS) is 1. The summed E-state index contributed by atoms with van der Waals surface area (Å²) in [5.41, 5.74) is 7.60. The van der Waals surface area contributed by atoms with Crippen LogP contribution in [-0.2, 0) is 14.4 Å². The van der Waals surface area contributed by atoms with Crippen molar-refractivity contribution in [3.8, 4) is 0 Å². The molecule has 0 bridgehead atoms. The molecule has 148 valence electrons. The van der Waals surface area contributed by atoms with E-state index in [4.69, 9.17) is 15.3 Å². The van der Waals surface area contributed by atoms with Crippen molar-refractivity contribution in [1.29, 1.82) is 0 Å². The molecule has 2 aliphatic heterocycles. The lowest BCUT2D eigenvalue weighted by Gasteiger charge is -2.41. The maximum atomic E-state index is 11.3. The summed E-state index contributed by atoms with van der Waals surface area (Å²) in [6, 6.07) is 12.6. The van der Waals surface area contributed by atoms with Gasteiger partial charge in [0, 0.05) is 15.5 Å². The monoisotopic (exact) mass is 406 g/mol. The molecular weight excluding hydrogens is 388 g/mol. The highest BCUT2D eigenvalue weighted by Crippen LogP contribution is 2.49. The van der Waals surface area contributed by atoms with Crippen LogP contribution in [0.25, 0.3) is 0 Å². The molecular formula is C18H18N2O7S. The largest absolute Gasteiger partial charge is 0.479 e. The molecule has 10 heteroatoms. The summed E-state index contributed by atoms with van der Waals surface area (Å²) < 4.78 is 5.24. The molecule has 1 fully saturated rings. The Hall–Kier alpha value is -2.34. The van der Waals surface area contributed by atoms with E-state index < -0.39 is 36.7 Å². The lowest BCUT2D eigenvalue weighted by molar-refractivity contribution is -0.294. The minimum absolute atomic E-state index is 0.483. The minimum Gasteiger partial charge on any atom is -0.479 e. The zero-order valence-corrected chi connectivity index (χ0v) is 15.2. The number of aliphatic hydroxyl groups is 3. The molecule has 2 aromatic rings. The molecule has 0 unspecified atom stereocenters. The number of nitrogens with two attached hydrogens (primary N) is 1. The van der Waals surface area contributed by atoms with E-state index in [-0.39, 0.29) is 0 Å². The quantitative estimate of drug-likeness (QED) is 0.462. The summed E-state index contributed by atoms with van der Waals surface area (Å²) >= 11 is 1.50. The third-order valence-electron chi connectivity index (χ3n) is 4.53. The van der Waals surface area contributed by atoms with Gasteiger partial charge in [0.05, 0.1) is 11.4 Å². The fraction of sp³-hybridized carbons (Fsp3) is 0.278. The normalized spacial score (nSPS) is 29.1. The molecule has 0 spiro atoms. The Morgan fingerprint density at radius 3 is 2.50 bits per heavy atom. The summed E-state index contributed by atoms with van der Waals surface area (Å²) in [7, 11) is 0. The van der Waals surface area contributed by atoms with E-state index in [1.54, 1.807) is 24.3 Å². The van der Waals surface area contributed by atoms with E-state index in [0.717, 1.165) is 9.79 Å². The van der Waals surface area contributed by atoms with Crippen LogP contribution in [0, 0.1) is 0 Å². The van der Waals surface area contributed by atoms with E-state index >= 15 is 0 Å². The molecule has 0 aliphatic carbocycles. The number of benzene rings is 2. The SMILES string of the molecule is Nc1ccc2c(c1)N(O[C@@H]1O[C@H](C(=O)O)[C@@H](O)[C@H](O)[C@H]1O)c1ccccc1S2. The van der Waals surface area contributed by atoms with E-state index in [0.29, 0.717) is 17.1 Å². The van der Waals surface area contributed by atoms with Crippen molar-refractivity contribution in [2.75, 3.05) is 10.8 Å². The molecule has 0 amide bonds. The van der Waals surface area contributed by atoms with Gasteiger partial charge in [-0.3, -0.25) is 0 Å². The number of nitrogens with zero attached hydrogens (tertiary/aromatic N) is 1. The average Bonchev–Trinajstić information content (AvgIpc) is 2.68. The molecule has 2 heterocycles. The molecule has 2 aromatic carbocycles. The van der Waals surface area contributed by atoms with Crippen LogP contribution in [0.5, 0.6) is 0 Å². The number of ether oxygens (including phenoxy) is 1. The summed E-state index contributed by atoms with van der Waals surface area (Å²) in [6.45, 7) is 0. The second-order valence-corrected chi connectivity index (χ2v) is 7.52. The molecule has 9 nitrogen and oxygen atoms in total. The van der Waals surface area contributed by atoms with Crippen molar-refractivity contribution in [1.82, 2.24) is 0 Å². The maximum Gasteiger partial charge on any atom is 0.335 e. The van der Waals surface area contributed by atoms with Crippen LogP contribution in [0.15, 0.2) is 52.3 Å². The highest BCUT2D eigenvalue weighted by molar-refractivity contribution is 7.99. The Morgan fingerprint density at radius 2 is 1.75 bits per heavy atom. The fourth-order valence-electron chi connectivity index (χ4n) is 3.10. The third-order valence-corrected chi connectivity index (χ3v) is 5.66. The van der Waals surface area contributed by atoms with Crippen LogP contribution in [0.4, 0.5) is 17.1 Å². The minimum atomic E-state index is -1.79. The van der Waals surface area contributed by atoms with Crippen molar-refractivity contribution in [3.63, 3.8) is 0 Å². The van der Waals surface area contributed by atoms with Crippen molar-refractivity contribution < 1.29 is 34.8 Å². The van der Waals surface area contributed by atoms with Crippen LogP contribution < -0.4 is 10.8 Å². The van der Waals surface area contributed by atoms with Gasteiger partial charge < -0.3 is 30.9 Å². The summed E-state index contributed by atoms with van der Waals surface area (Å²) in [5.74, 6) is -1.48. The Bertz CT molecular complexity index is 911. The van der Waals surface area contributed by atoms with Gasteiger partial charge in [-0.1, -0.05) is 23.9 Å². The molecule has 0 saturated carbocycles. The number of aliphatic carboxylic acids is 1. The molecule has 28 heavy (non-hydrogen) atoms. The second-order valence-electron chi connectivity index (χ2n) is 6.43. The molecule has 5 atom stereocenters. The predicted octanol–water partition coefficient (Wildman–Crippen LogP) is 0.695. The van der Waals surface area contributed by atoms with Gasteiger partial charge >= 0.3 is 5.97 Å². The van der Waals surface area contributed by atoms with Gasteiger partial charge in [-0.2, -0.15) is 0 Å². The first-order valence-corrected chi connectivity index (χ1v) is 9.24. The fourth-order valence-corrected chi connectivity index (χ4v) is 4.12. The lowest BCUT2D eigenvalue weighted by Crippen LogP contribution is -2.61. The van der Waals surface area contributed by atoms with Crippen LogP contribution in [0.1, 0.15) is 0 Å². The molecule has 0 aromatic heterocycles. The lowest BCUT2D eigenvalue weighted by atomic mass is 9.99. The summed E-state index contributed by atoms with van der Waals surface area (Å²) in [5, 5.41) is 40.8. The van der Waals surface area contributed by atoms with Gasteiger partial charge in [0.15, 0.2) is 6.10 Å². The number of carbonyl (C=O) groups is 1. The van der Waals surface area contributed by atoms with Crippen LogP contribution in [0.2, 0.25) is 0 Å². The number of anilines is 3. The number of rotatable bonds is 3. The average molecular weight is 406 g/mol. The molecule has 0 radical (unpaired) electrons. The van der Waals surface area contributed by atoms with E-state index in [1.807, 2.05) is 18.2 Å². The third kappa shape index (κ3) is 3.20. The van der Waals surface area contributed by atoms with E-state index in [1.165, 1.54) is 16.8 Å². The second kappa shape index (κ2) is 7.24. The van der Waals surface area contributed by atoms with Gasteiger partial charge in [-0.15, -0.1) is 0 Å². The highest BCUT2D eigenvalue weighted by atomic mass is 32.2. The van der Waals surface area contributed by atoms with Gasteiger partial charge in [0.25, 0.3) is 0 Å². The first-order valence-electron chi connectivity index (χ1n) is 8.42. The number of fused-ring (bicyclic) bond motifs is 2. The van der Waals surface area contributed by atoms with Gasteiger partial charge in [-0.25, -0.2) is 14.7 Å². The smallest absolute Gasteiger partial charge is 0.335 e. The van der Waals surface area contributed by atoms with Gasteiger partial charge in [0.2, 0.25) is 6.29 Å². The predicted molar refractivity (Wildman–Crippen MR) is 99.0 cm³/mol. The Balaban J connectivity index is 1.71. The van der Waals surface area contributed by atoms with E-state index in [2.05, 4.69) is 0 Å². The first kappa shape index (κ1) is 19.0. The van der Waals surface area contributed by atoms with Crippen LogP contribution in [0.3, 0.4) is 0 Å². The summed E-state index contributed by atoms with van der Waals surface area (Å²) in [4.78, 5) is 18.8. The zero-order valence-electron chi connectivity index (χ0n) is 14.4. The maximum absolute atomic E-state index is 11.3. The van der Waals surface area contributed by atoms with Crippen LogP contribution in [-0.4, -0.2) is 57.1 Å². The Labute approximate surface area is 163 Å². The zero-order chi connectivity index (χ0) is 20.0. The molecule has 6 N–H and O–H groups in total. The molecule has 2 aliphatic rings. The topological polar surface area (TPSA) is 146 Å². The van der Waals surface area contributed by atoms with Gasteiger partial charge in [0.1, 0.15) is 18.3 Å². The van der Waals surface area contributed by atoms with Crippen LogP contribution >= 0.6 is 11.8 Å². The molecule has 4 rings (SSSR count). The molecule has 1 saturated heterocycles. The highest BCUT2D eigenvalue weighted by Gasteiger charge is 2.48. The van der Waals surface area contributed by atoms with E-state index in [9.17, 15) is 25.2 Å². The number of para-hydroxylation sites is 1. The number of hydrogen-bond acceptors (Lipinski definition) is 9. The van der Waals surface area contributed by atoms with Gasteiger partial charge in [-0.05, 0) is 30.3 Å². The van der Waals surface area contributed by atoms with Crippen molar-refractivity contribution in [3.05, 3.63) is 42.5 Å².